The largest absolute Gasteiger partial charge is 0.369 e. The number of rotatable bonds is 12. The van der Waals surface area contributed by atoms with E-state index in [-0.39, 0.29) is 18.2 Å². The van der Waals surface area contributed by atoms with E-state index >= 15 is 0 Å². The highest BCUT2D eigenvalue weighted by Crippen LogP contribution is 2.17. The van der Waals surface area contributed by atoms with Gasteiger partial charge in [0.1, 0.15) is 0 Å². The molecule has 0 saturated carbocycles. The first-order valence-electron chi connectivity index (χ1n) is 10.2. The molecule has 6 nitrogen and oxygen atoms in total. The van der Waals surface area contributed by atoms with Gasteiger partial charge < -0.3 is 20.4 Å². The summed E-state index contributed by atoms with van der Waals surface area (Å²) < 4.78 is 0. The highest BCUT2D eigenvalue weighted by molar-refractivity contribution is 6.18. The molecule has 2 aromatic carbocycles. The Labute approximate surface area is 194 Å². The summed E-state index contributed by atoms with van der Waals surface area (Å²) in [7, 11) is 3.90. The van der Waals surface area contributed by atoms with Crippen molar-refractivity contribution < 1.29 is 9.59 Å². The molecule has 0 aliphatic carbocycles. The second-order valence-corrected chi connectivity index (χ2v) is 8.15. The number of benzene rings is 2. The van der Waals surface area contributed by atoms with Gasteiger partial charge in [0, 0.05) is 54.9 Å². The molecule has 0 saturated heterocycles. The molecular weight excluding hydrogens is 435 g/mol. The van der Waals surface area contributed by atoms with Crippen molar-refractivity contribution in [3.8, 4) is 0 Å². The lowest BCUT2D eigenvalue weighted by molar-refractivity contribution is -0.115. The van der Waals surface area contributed by atoms with Crippen LogP contribution >= 0.6 is 23.2 Å². The molecule has 168 valence electrons. The number of anilines is 2. The normalized spacial score (nSPS) is 10.7. The molecule has 2 N–H and O–H groups in total. The van der Waals surface area contributed by atoms with Crippen molar-refractivity contribution in [1.82, 2.24) is 10.2 Å². The van der Waals surface area contributed by atoms with E-state index in [1.54, 1.807) is 24.3 Å². The van der Waals surface area contributed by atoms with E-state index in [1.165, 1.54) is 0 Å². The van der Waals surface area contributed by atoms with Crippen molar-refractivity contribution in [1.29, 1.82) is 0 Å². The van der Waals surface area contributed by atoms with Crippen LogP contribution in [0.2, 0.25) is 0 Å². The maximum absolute atomic E-state index is 12.5. The van der Waals surface area contributed by atoms with E-state index in [1.807, 2.05) is 43.3 Å². The average molecular weight is 465 g/mol. The van der Waals surface area contributed by atoms with Crippen LogP contribution in [0.25, 0.3) is 0 Å². The van der Waals surface area contributed by atoms with Gasteiger partial charge in [-0.05, 0) is 50.0 Å². The number of alkyl halides is 2. The van der Waals surface area contributed by atoms with Crippen LogP contribution in [0.5, 0.6) is 0 Å². The van der Waals surface area contributed by atoms with Crippen LogP contribution in [0, 0.1) is 0 Å². The van der Waals surface area contributed by atoms with Gasteiger partial charge in [-0.25, -0.2) is 0 Å². The fraction of sp³-hybridized carbons (Fsp3) is 0.391. The van der Waals surface area contributed by atoms with Crippen LogP contribution in [-0.2, 0) is 11.2 Å². The maximum atomic E-state index is 12.5. The van der Waals surface area contributed by atoms with Crippen molar-refractivity contribution >= 4 is 46.4 Å². The average Bonchev–Trinajstić information content (AvgIpc) is 2.74. The molecule has 0 unspecified atom stereocenters. The van der Waals surface area contributed by atoms with Gasteiger partial charge in [0.15, 0.2) is 0 Å². The SMILES string of the molecule is CN(C)CCNC(=O)c1cccc(NC(=O)Cc2ccc(N(CCCl)CCCl)cc2)c1. The van der Waals surface area contributed by atoms with Crippen LogP contribution in [0.1, 0.15) is 15.9 Å². The van der Waals surface area contributed by atoms with E-state index in [9.17, 15) is 9.59 Å². The molecule has 2 rings (SSSR count). The topological polar surface area (TPSA) is 64.7 Å². The van der Waals surface area contributed by atoms with Gasteiger partial charge >= 0.3 is 0 Å². The van der Waals surface area contributed by atoms with Crippen molar-refractivity contribution in [2.45, 2.75) is 6.42 Å². The number of nitrogens with zero attached hydrogens (tertiary/aromatic N) is 2. The Kier molecular flexibility index (Phi) is 10.6. The van der Waals surface area contributed by atoms with Crippen LogP contribution in [0.4, 0.5) is 11.4 Å². The van der Waals surface area contributed by atoms with Gasteiger partial charge in [-0.2, -0.15) is 0 Å². The van der Waals surface area contributed by atoms with Crippen molar-refractivity contribution in [2.75, 3.05) is 62.3 Å². The summed E-state index contributed by atoms with van der Waals surface area (Å²) in [5.41, 5.74) is 3.03. The monoisotopic (exact) mass is 464 g/mol. The Balaban J connectivity index is 1.93. The fourth-order valence-electron chi connectivity index (χ4n) is 3.02. The molecule has 0 aliphatic heterocycles. The Bertz CT molecular complexity index is 838. The summed E-state index contributed by atoms with van der Waals surface area (Å²) in [5.74, 6) is 0.741. The summed E-state index contributed by atoms with van der Waals surface area (Å²) in [5, 5.41) is 5.73. The number of hydrogen-bond donors (Lipinski definition) is 2. The van der Waals surface area contributed by atoms with E-state index in [0.717, 1.165) is 17.8 Å². The molecule has 31 heavy (non-hydrogen) atoms. The zero-order chi connectivity index (χ0) is 22.6. The molecule has 0 atom stereocenters. The highest BCUT2D eigenvalue weighted by atomic mass is 35.5. The Hall–Kier alpha value is -2.28. The Morgan fingerprint density at radius 1 is 0.935 bits per heavy atom. The molecule has 0 fully saturated rings. The summed E-state index contributed by atoms with van der Waals surface area (Å²) in [4.78, 5) is 28.9. The van der Waals surface area contributed by atoms with Crippen molar-refractivity contribution in [3.63, 3.8) is 0 Å². The quantitative estimate of drug-likeness (QED) is 0.472. The number of carbonyl (C=O) groups excluding carboxylic acids is 2. The number of amides is 2. The third-order valence-corrected chi connectivity index (χ3v) is 4.97. The number of carbonyl (C=O) groups is 2. The predicted molar refractivity (Wildman–Crippen MR) is 130 cm³/mol. The first-order valence-corrected chi connectivity index (χ1v) is 11.3. The minimum Gasteiger partial charge on any atom is -0.369 e. The van der Waals surface area contributed by atoms with Crippen molar-refractivity contribution in [2.24, 2.45) is 0 Å². The van der Waals surface area contributed by atoms with Crippen molar-refractivity contribution in [3.05, 3.63) is 59.7 Å². The summed E-state index contributed by atoms with van der Waals surface area (Å²) in [6, 6.07) is 14.7. The zero-order valence-electron chi connectivity index (χ0n) is 18.0. The second kappa shape index (κ2) is 13.2. The number of halogens is 2. The number of nitrogens with one attached hydrogen (secondary N) is 2. The van der Waals surface area contributed by atoms with Gasteiger partial charge in [-0.15, -0.1) is 23.2 Å². The summed E-state index contributed by atoms with van der Waals surface area (Å²) >= 11 is 11.7. The summed E-state index contributed by atoms with van der Waals surface area (Å²) in [6.07, 6.45) is 0.241. The van der Waals surface area contributed by atoms with Gasteiger partial charge in [0.05, 0.1) is 6.42 Å². The maximum Gasteiger partial charge on any atom is 0.251 e. The first-order chi connectivity index (χ1) is 14.9. The van der Waals surface area contributed by atoms with Gasteiger partial charge in [-0.1, -0.05) is 18.2 Å². The molecule has 0 spiro atoms. The molecule has 8 heteroatoms. The minimum absolute atomic E-state index is 0.142. The smallest absolute Gasteiger partial charge is 0.251 e. The minimum atomic E-state index is -0.160. The molecular formula is C23H30Cl2N4O2. The fourth-order valence-corrected chi connectivity index (χ4v) is 3.43. The van der Waals surface area contributed by atoms with Crippen LogP contribution < -0.4 is 15.5 Å². The Morgan fingerprint density at radius 3 is 2.23 bits per heavy atom. The lowest BCUT2D eigenvalue weighted by Gasteiger charge is -2.23. The highest BCUT2D eigenvalue weighted by Gasteiger charge is 2.10. The van der Waals surface area contributed by atoms with Crippen LogP contribution in [0.15, 0.2) is 48.5 Å². The van der Waals surface area contributed by atoms with Crippen LogP contribution in [0.3, 0.4) is 0 Å². The third-order valence-electron chi connectivity index (χ3n) is 4.63. The van der Waals surface area contributed by atoms with E-state index < -0.39 is 0 Å². The molecule has 0 heterocycles. The summed E-state index contributed by atoms with van der Waals surface area (Å²) in [6.45, 7) is 2.75. The lowest BCUT2D eigenvalue weighted by Crippen LogP contribution is -2.31. The molecule has 0 aliphatic rings. The van der Waals surface area contributed by atoms with E-state index in [4.69, 9.17) is 23.2 Å². The molecule has 0 aromatic heterocycles. The zero-order valence-corrected chi connectivity index (χ0v) is 19.5. The van der Waals surface area contributed by atoms with Gasteiger partial charge in [-0.3, -0.25) is 9.59 Å². The van der Waals surface area contributed by atoms with E-state index in [2.05, 4.69) is 15.5 Å². The lowest BCUT2D eigenvalue weighted by atomic mass is 10.1. The van der Waals surface area contributed by atoms with Gasteiger partial charge in [0.2, 0.25) is 5.91 Å². The van der Waals surface area contributed by atoms with E-state index in [0.29, 0.717) is 42.6 Å². The molecule has 0 bridgehead atoms. The molecule has 2 aromatic rings. The predicted octanol–water partition coefficient (Wildman–Crippen LogP) is 3.44. The van der Waals surface area contributed by atoms with Gasteiger partial charge in [0.25, 0.3) is 5.91 Å². The number of hydrogen-bond acceptors (Lipinski definition) is 4. The standard InChI is InChI=1S/C23H30Cl2N4O2/c1-28(2)15-12-26-23(31)19-4-3-5-20(17-19)27-22(30)16-18-6-8-21(9-7-18)29(13-10-24)14-11-25/h3-9,17H,10-16H2,1-2H3,(H,26,31)(H,27,30). The third kappa shape index (κ3) is 8.77. The second-order valence-electron chi connectivity index (χ2n) is 7.40. The molecule has 2 amide bonds. The first kappa shape index (κ1) is 25.0. The van der Waals surface area contributed by atoms with Crippen LogP contribution in [-0.4, -0.2) is 68.7 Å². The number of likely N-dealkylation sites (N-methyl/N-ethyl adjacent to an activating group) is 1. The Morgan fingerprint density at radius 2 is 1.61 bits per heavy atom. The molecule has 0 radical (unpaired) electrons.